The number of aryl methyl sites for hydroxylation is 1. The average molecular weight is 601 g/mol. The van der Waals surface area contributed by atoms with Gasteiger partial charge in [-0.25, -0.2) is 9.37 Å². The molecule has 1 aliphatic heterocycles. The van der Waals surface area contributed by atoms with Gasteiger partial charge in [0.2, 0.25) is 5.82 Å². The van der Waals surface area contributed by atoms with Crippen molar-refractivity contribution in [1.82, 2.24) is 19.4 Å². The fourth-order valence-corrected chi connectivity index (χ4v) is 4.27. The number of aliphatic hydroxyl groups excluding tert-OH is 1. The summed E-state index contributed by atoms with van der Waals surface area (Å²) in [7, 11) is 1.26. The molecule has 1 fully saturated rings. The molecule has 2 atom stereocenters. The highest BCUT2D eigenvalue weighted by Gasteiger charge is 2.25. The lowest BCUT2D eigenvalue weighted by molar-refractivity contribution is -0.151. The van der Waals surface area contributed by atoms with Gasteiger partial charge in [0.05, 0.1) is 23.8 Å². The van der Waals surface area contributed by atoms with Crippen LogP contribution in [0.2, 0.25) is 0 Å². The summed E-state index contributed by atoms with van der Waals surface area (Å²) < 4.78 is 37.1. The summed E-state index contributed by atoms with van der Waals surface area (Å²) in [4.78, 5) is 41.8. The van der Waals surface area contributed by atoms with E-state index >= 15 is 4.39 Å². The third-order valence-electron chi connectivity index (χ3n) is 5.71. The van der Waals surface area contributed by atoms with Crippen molar-refractivity contribution >= 4 is 51.0 Å². The predicted molar refractivity (Wildman–Crippen MR) is 132 cm³/mol. The molecule has 13 heteroatoms. The van der Waals surface area contributed by atoms with Gasteiger partial charge in [0.1, 0.15) is 30.2 Å². The number of carbonyl (C=O) groups is 1. The highest BCUT2D eigenvalue weighted by molar-refractivity contribution is 14.1. The molecule has 1 aliphatic rings. The van der Waals surface area contributed by atoms with Crippen LogP contribution in [0.3, 0.4) is 0 Å². The number of halogens is 3. The summed E-state index contributed by atoms with van der Waals surface area (Å²) in [5.41, 5.74) is -2.61. The number of esters is 1. The van der Waals surface area contributed by atoms with Gasteiger partial charge < -0.3 is 20.5 Å². The number of ether oxygens (including phenoxy) is 1. The molecular formula is C22H22F2IN5O5. The van der Waals surface area contributed by atoms with Gasteiger partial charge in [0.15, 0.2) is 5.65 Å². The first-order valence-corrected chi connectivity index (χ1v) is 11.8. The van der Waals surface area contributed by atoms with Crippen LogP contribution in [0.5, 0.6) is 0 Å². The van der Waals surface area contributed by atoms with E-state index in [1.807, 2.05) is 22.6 Å². The predicted octanol–water partition coefficient (Wildman–Crippen LogP) is 1.24. The number of aliphatic hydroxyl groups is 1. The van der Waals surface area contributed by atoms with E-state index in [0.29, 0.717) is 23.1 Å². The Balaban J connectivity index is 1.66. The zero-order valence-electron chi connectivity index (χ0n) is 18.6. The molecule has 0 radical (unpaired) electrons. The van der Waals surface area contributed by atoms with Crippen molar-refractivity contribution in [2.24, 2.45) is 13.0 Å². The summed E-state index contributed by atoms with van der Waals surface area (Å²) >= 11 is 1.91. The summed E-state index contributed by atoms with van der Waals surface area (Å²) in [6.45, 7) is 0.562. The van der Waals surface area contributed by atoms with E-state index in [1.165, 1.54) is 19.2 Å². The van der Waals surface area contributed by atoms with Crippen LogP contribution in [-0.2, 0) is 23.1 Å². The maximum Gasteiger partial charge on any atom is 0.310 e. The Kier molecular flexibility index (Phi) is 7.47. The van der Waals surface area contributed by atoms with Gasteiger partial charge in [0.25, 0.3) is 11.1 Å². The van der Waals surface area contributed by atoms with Crippen molar-refractivity contribution in [2.45, 2.75) is 19.1 Å². The fourth-order valence-electron chi connectivity index (χ4n) is 3.82. The van der Waals surface area contributed by atoms with E-state index in [1.54, 1.807) is 6.07 Å². The number of benzene rings is 1. The second-order valence-electron chi connectivity index (χ2n) is 8.18. The summed E-state index contributed by atoms with van der Waals surface area (Å²) in [5, 5.41) is 15.6. The van der Waals surface area contributed by atoms with Crippen molar-refractivity contribution in [3.05, 3.63) is 60.4 Å². The average Bonchev–Trinajstić information content (AvgIpc) is 3.37. The Labute approximate surface area is 211 Å². The number of anilines is 2. The van der Waals surface area contributed by atoms with E-state index in [-0.39, 0.29) is 35.8 Å². The Morgan fingerprint density at radius 1 is 1.37 bits per heavy atom. The van der Waals surface area contributed by atoms with Gasteiger partial charge in [0, 0.05) is 17.2 Å². The van der Waals surface area contributed by atoms with Crippen LogP contribution in [0, 0.1) is 21.1 Å². The zero-order chi connectivity index (χ0) is 25.3. The molecule has 3 N–H and O–H groups in total. The van der Waals surface area contributed by atoms with E-state index in [9.17, 15) is 23.9 Å². The van der Waals surface area contributed by atoms with E-state index in [2.05, 4.69) is 15.6 Å². The third kappa shape index (κ3) is 5.21. The molecule has 3 heterocycles. The normalized spacial score (nSPS) is 16.4. The number of carbonyl (C=O) groups excluding carboxylic acids is 1. The highest BCUT2D eigenvalue weighted by Crippen LogP contribution is 2.26. The van der Waals surface area contributed by atoms with Crippen LogP contribution in [0.4, 0.5) is 20.2 Å². The fraction of sp³-hybridized carbons (Fsp3) is 0.364. The van der Waals surface area contributed by atoms with Crippen LogP contribution >= 0.6 is 22.6 Å². The molecule has 35 heavy (non-hydrogen) atoms. The van der Waals surface area contributed by atoms with Crippen molar-refractivity contribution in [3.63, 3.8) is 0 Å². The topological polar surface area (TPSA) is 127 Å². The Hall–Kier alpha value is -2.91. The lowest BCUT2D eigenvalue weighted by atomic mass is 10.1. The number of aromatic nitrogens is 3. The van der Waals surface area contributed by atoms with Gasteiger partial charge in [-0.05, 0) is 53.8 Å². The van der Waals surface area contributed by atoms with Crippen LogP contribution in [0.25, 0.3) is 11.0 Å². The SMILES string of the molecule is Cn1c(=O)c(F)c(Nc2ccc(I)cc2F)c2c(=O)n(C[C@@H](O)COC(=O)[C@H]3CCNC3)cnc21. The summed E-state index contributed by atoms with van der Waals surface area (Å²) in [6.07, 6.45) is 0.501. The quantitative estimate of drug-likeness (QED) is 0.273. The number of rotatable bonds is 7. The summed E-state index contributed by atoms with van der Waals surface area (Å²) in [5.74, 6) is -2.72. The Bertz CT molecular complexity index is 1400. The lowest BCUT2D eigenvalue weighted by Crippen LogP contribution is -2.33. The minimum atomic E-state index is -1.28. The molecule has 0 bridgehead atoms. The van der Waals surface area contributed by atoms with Gasteiger partial charge in [-0.3, -0.25) is 23.5 Å². The largest absolute Gasteiger partial charge is 0.463 e. The maximum absolute atomic E-state index is 15.0. The molecule has 1 saturated heterocycles. The van der Waals surface area contributed by atoms with Gasteiger partial charge >= 0.3 is 5.97 Å². The van der Waals surface area contributed by atoms with Gasteiger partial charge in [-0.1, -0.05) is 0 Å². The van der Waals surface area contributed by atoms with Crippen molar-refractivity contribution in [3.8, 4) is 0 Å². The number of hydrogen-bond acceptors (Lipinski definition) is 8. The van der Waals surface area contributed by atoms with Crippen LogP contribution in [-0.4, -0.2) is 51.0 Å². The van der Waals surface area contributed by atoms with Crippen LogP contribution < -0.4 is 21.8 Å². The zero-order valence-corrected chi connectivity index (χ0v) is 20.7. The summed E-state index contributed by atoms with van der Waals surface area (Å²) in [6, 6.07) is 4.13. The van der Waals surface area contributed by atoms with Crippen molar-refractivity contribution < 1.29 is 23.4 Å². The molecule has 0 spiro atoms. The molecule has 4 rings (SSSR count). The molecule has 0 unspecified atom stereocenters. The Morgan fingerprint density at radius 2 is 2.14 bits per heavy atom. The second kappa shape index (κ2) is 10.4. The van der Waals surface area contributed by atoms with Gasteiger partial charge in [-0.2, -0.15) is 4.39 Å². The number of hydrogen-bond donors (Lipinski definition) is 3. The molecule has 0 saturated carbocycles. The molecule has 10 nitrogen and oxygen atoms in total. The first-order chi connectivity index (χ1) is 16.7. The van der Waals surface area contributed by atoms with Crippen LogP contribution in [0.15, 0.2) is 34.1 Å². The Morgan fingerprint density at radius 3 is 2.83 bits per heavy atom. The smallest absolute Gasteiger partial charge is 0.310 e. The number of nitrogens with zero attached hydrogens (tertiary/aromatic N) is 3. The van der Waals surface area contributed by atoms with E-state index in [4.69, 9.17) is 4.74 Å². The van der Waals surface area contributed by atoms with Crippen LogP contribution in [0.1, 0.15) is 6.42 Å². The number of fused-ring (bicyclic) bond motifs is 1. The minimum absolute atomic E-state index is 0.124. The monoisotopic (exact) mass is 601 g/mol. The van der Waals surface area contributed by atoms with Gasteiger partial charge in [-0.15, -0.1) is 0 Å². The maximum atomic E-state index is 15.0. The van der Waals surface area contributed by atoms with E-state index < -0.39 is 40.5 Å². The lowest BCUT2D eigenvalue weighted by Gasteiger charge is -2.17. The van der Waals surface area contributed by atoms with Crippen molar-refractivity contribution in [2.75, 3.05) is 25.0 Å². The third-order valence-corrected chi connectivity index (χ3v) is 6.38. The first kappa shape index (κ1) is 25.2. The molecule has 1 aromatic carbocycles. The number of pyridine rings is 1. The molecule has 0 aliphatic carbocycles. The second-order valence-corrected chi connectivity index (χ2v) is 9.42. The van der Waals surface area contributed by atoms with E-state index in [0.717, 1.165) is 15.5 Å². The molecule has 2 aromatic heterocycles. The highest BCUT2D eigenvalue weighted by atomic mass is 127. The molecule has 3 aromatic rings. The molecule has 0 amide bonds. The standard InChI is InChI=1S/C22H22F2IN5O5/c1-29-19-16(18(17(24)21(29)33)28-15-3-2-12(25)6-14(15)23)20(32)30(10-27-19)8-13(31)9-35-22(34)11-4-5-26-7-11/h2-3,6,10-11,13,26,28,31H,4-5,7-9H2,1H3/t11-,13+/m0/s1. The molecule has 186 valence electrons. The minimum Gasteiger partial charge on any atom is -0.463 e. The van der Waals surface area contributed by atoms with Crippen molar-refractivity contribution in [1.29, 1.82) is 0 Å². The molecular weight excluding hydrogens is 579 g/mol. The first-order valence-electron chi connectivity index (χ1n) is 10.7. The number of nitrogens with one attached hydrogen (secondary N) is 2.